The Balaban J connectivity index is 1.28. The average molecular weight is 393 g/mol. The molecule has 0 heterocycles. The second-order valence-electron chi connectivity index (χ2n) is 9.83. The predicted molar refractivity (Wildman–Crippen MR) is 121 cm³/mol. The first kappa shape index (κ1) is 20.6. The highest BCUT2D eigenvalue weighted by Gasteiger charge is 2.30. The van der Waals surface area contributed by atoms with Crippen LogP contribution in [-0.2, 0) is 6.42 Å². The van der Waals surface area contributed by atoms with Crippen molar-refractivity contribution in [3.8, 4) is 11.1 Å². The lowest BCUT2D eigenvalue weighted by molar-refractivity contribution is 0.145. The maximum Gasteiger partial charge on any atom is 0.126 e. The third-order valence-electron chi connectivity index (χ3n) is 8.01. The fourth-order valence-corrected chi connectivity index (χ4v) is 5.87. The zero-order chi connectivity index (χ0) is 20.2. The minimum atomic E-state index is -0.119. The first-order valence-electron chi connectivity index (χ1n) is 12.0. The van der Waals surface area contributed by atoms with Gasteiger partial charge in [-0.05, 0) is 104 Å². The van der Waals surface area contributed by atoms with Crippen molar-refractivity contribution >= 4 is 0 Å². The lowest BCUT2D eigenvalue weighted by Gasteiger charge is -2.37. The fraction of sp³-hybridized carbons (Fsp3) is 0.571. The molecule has 2 aliphatic carbocycles. The van der Waals surface area contributed by atoms with Crippen LogP contribution >= 0.6 is 0 Å². The van der Waals surface area contributed by atoms with Crippen LogP contribution in [0.15, 0.2) is 42.5 Å². The van der Waals surface area contributed by atoms with E-state index in [1.807, 2.05) is 19.1 Å². The van der Waals surface area contributed by atoms with Crippen LogP contribution < -0.4 is 0 Å². The van der Waals surface area contributed by atoms with Gasteiger partial charge in [0.2, 0.25) is 0 Å². The van der Waals surface area contributed by atoms with E-state index in [-0.39, 0.29) is 5.82 Å². The van der Waals surface area contributed by atoms with Gasteiger partial charge in [-0.2, -0.15) is 0 Å². The average Bonchev–Trinajstić information content (AvgIpc) is 2.77. The van der Waals surface area contributed by atoms with Gasteiger partial charge in [0.15, 0.2) is 0 Å². The quantitative estimate of drug-likeness (QED) is 0.479. The second kappa shape index (κ2) is 9.45. The largest absolute Gasteiger partial charge is 0.207 e. The van der Waals surface area contributed by atoms with E-state index < -0.39 is 0 Å². The molecule has 2 aliphatic rings. The van der Waals surface area contributed by atoms with Gasteiger partial charge in [0, 0.05) is 0 Å². The maximum absolute atomic E-state index is 13.9. The van der Waals surface area contributed by atoms with E-state index in [1.165, 1.54) is 69.8 Å². The lowest BCUT2D eigenvalue weighted by Crippen LogP contribution is -2.26. The van der Waals surface area contributed by atoms with Crippen LogP contribution in [0.5, 0.6) is 0 Å². The number of hydrogen-bond donors (Lipinski definition) is 0. The van der Waals surface area contributed by atoms with Gasteiger partial charge < -0.3 is 0 Å². The molecule has 2 saturated carbocycles. The SMILES string of the molecule is CCC1CCC(C2CCC(Cc3ccc(-c4ccc(C)c(F)c4)cc3)CC2)CC1. The van der Waals surface area contributed by atoms with Crippen LogP contribution in [-0.4, -0.2) is 0 Å². The highest BCUT2D eigenvalue weighted by atomic mass is 19.1. The molecule has 2 aromatic carbocycles. The van der Waals surface area contributed by atoms with Gasteiger partial charge >= 0.3 is 0 Å². The first-order chi connectivity index (χ1) is 14.1. The van der Waals surface area contributed by atoms with Crippen LogP contribution in [0.4, 0.5) is 4.39 Å². The van der Waals surface area contributed by atoms with Crippen molar-refractivity contribution in [2.24, 2.45) is 23.7 Å². The van der Waals surface area contributed by atoms with Crippen molar-refractivity contribution in [3.05, 3.63) is 59.4 Å². The molecule has 156 valence electrons. The summed E-state index contributed by atoms with van der Waals surface area (Å²) in [5.74, 6) is 3.77. The summed E-state index contributed by atoms with van der Waals surface area (Å²) in [4.78, 5) is 0. The molecule has 2 fully saturated rings. The summed E-state index contributed by atoms with van der Waals surface area (Å²) in [5.41, 5.74) is 4.23. The summed E-state index contributed by atoms with van der Waals surface area (Å²) in [5, 5.41) is 0. The summed E-state index contributed by atoms with van der Waals surface area (Å²) in [6.07, 6.45) is 14.3. The summed E-state index contributed by atoms with van der Waals surface area (Å²) in [7, 11) is 0. The topological polar surface area (TPSA) is 0 Å². The Morgan fingerprint density at radius 1 is 0.724 bits per heavy atom. The molecule has 1 heteroatoms. The third kappa shape index (κ3) is 5.11. The molecule has 0 unspecified atom stereocenters. The molecule has 0 radical (unpaired) electrons. The van der Waals surface area contributed by atoms with Gasteiger partial charge in [-0.25, -0.2) is 4.39 Å². The molecule has 0 saturated heterocycles. The normalized spacial score (nSPS) is 27.7. The monoisotopic (exact) mass is 392 g/mol. The van der Waals surface area contributed by atoms with Crippen molar-refractivity contribution < 1.29 is 4.39 Å². The van der Waals surface area contributed by atoms with Gasteiger partial charge in [0.25, 0.3) is 0 Å². The first-order valence-corrected chi connectivity index (χ1v) is 12.0. The van der Waals surface area contributed by atoms with Crippen LogP contribution in [0, 0.1) is 36.4 Å². The Labute approximate surface area is 176 Å². The number of rotatable bonds is 5. The van der Waals surface area contributed by atoms with Crippen LogP contribution in [0.25, 0.3) is 11.1 Å². The van der Waals surface area contributed by atoms with E-state index in [4.69, 9.17) is 0 Å². The molecule has 0 nitrogen and oxygen atoms in total. The van der Waals surface area contributed by atoms with Crippen molar-refractivity contribution in [2.45, 2.75) is 78.1 Å². The molecule has 0 aliphatic heterocycles. The zero-order valence-corrected chi connectivity index (χ0v) is 18.3. The van der Waals surface area contributed by atoms with Gasteiger partial charge in [0.05, 0.1) is 0 Å². The molecule has 0 amide bonds. The zero-order valence-electron chi connectivity index (χ0n) is 18.3. The molecule has 2 aromatic rings. The van der Waals surface area contributed by atoms with Crippen molar-refractivity contribution in [1.82, 2.24) is 0 Å². The molecule has 0 spiro atoms. The van der Waals surface area contributed by atoms with E-state index in [1.54, 1.807) is 6.07 Å². The van der Waals surface area contributed by atoms with E-state index >= 15 is 0 Å². The standard InChI is InChI=1S/C28H37F/c1-3-21-5-12-24(13-6-21)25-14-7-22(8-15-25)18-23-9-16-26(17-10-23)27-11-4-20(2)28(29)19-27/h4,9-11,16-17,19,21-22,24-25H,3,5-8,12-15,18H2,1-2H3. The Bertz CT molecular complexity index is 774. The predicted octanol–water partition coefficient (Wildman–Crippen LogP) is 8.37. The minimum Gasteiger partial charge on any atom is -0.207 e. The van der Waals surface area contributed by atoms with Crippen LogP contribution in [0.2, 0.25) is 0 Å². The number of benzene rings is 2. The number of aryl methyl sites for hydroxylation is 1. The summed E-state index contributed by atoms with van der Waals surface area (Å²) < 4.78 is 13.9. The van der Waals surface area contributed by atoms with Crippen molar-refractivity contribution in [1.29, 1.82) is 0 Å². The fourth-order valence-electron chi connectivity index (χ4n) is 5.87. The Hall–Kier alpha value is -1.63. The highest BCUT2D eigenvalue weighted by Crippen LogP contribution is 2.42. The van der Waals surface area contributed by atoms with Gasteiger partial charge in [0.1, 0.15) is 5.82 Å². The Kier molecular flexibility index (Phi) is 6.73. The number of hydrogen-bond acceptors (Lipinski definition) is 0. The summed E-state index contributed by atoms with van der Waals surface area (Å²) >= 11 is 0. The Morgan fingerprint density at radius 3 is 1.83 bits per heavy atom. The summed E-state index contributed by atoms with van der Waals surface area (Å²) in [6, 6.07) is 14.4. The molecule has 0 atom stereocenters. The molecular formula is C28H37F. The minimum absolute atomic E-state index is 0.119. The van der Waals surface area contributed by atoms with Gasteiger partial charge in [-0.15, -0.1) is 0 Å². The third-order valence-corrected chi connectivity index (χ3v) is 8.01. The van der Waals surface area contributed by atoms with Crippen LogP contribution in [0.3, 0.4) is 0 Å². The van der Waals surface area contributed by atoms with E-state index in [0.717, 1.165) is 34.8 Å². The van der Waals surface area contributed by atoms with Crippen molar-refractivity contribution in [2.75, 3.05) is 0 Å². The van der Waals surface area contributed by atoms with Crippen LogP contribution in [0.1, 0.15) is 75.8 Å². The summed E-state index contributed by atoms with van der Waals surface area (Å²) in [6.45, 7) is 4.18. The molecule has 29 heavy (non-hydrogen) atoms. The van der Waals surface area contributed by atoms with E-state index in [9.17, 15) is 4.39 Å². The van der Waals surface area contributed by atoms with E-state index in [2.05, 4.69) is 31.2 Å². The molecule has 0 bridgehead atoms. The second-order valence-corrected chi connectivity index (χ2v) is 9.83. The molecular weight excluding hydrogens is 355 g/mol. The molecule has 0 N–H and O–H groups in total. The number of halogens is 1. The van der Waals surface area contributed by atoms with E-state index in [0.29, 0.717) is 5.56 Å². The smallest absolute Gasteiger partial charge is 0.126 e. The molecule has 4 rings (SSSR count). The van der Waals surface area contributed by atoms with Crippen molar-refractivity contribution in [3.63, 3.8) is 0 Å². The lowest BCUT2D eigenvalue weighted by atomic mass is 9.68. The van der Waals surface area contributed by atoms with Gasteiger partial charge in [-0.1, -0.05) is 62.6 Å². The molecule has 0 aromatic heterocycles. The Morgan fingerprint density at radius 2 is 1.28 bits per heavy atom. The highest BCUT2D eigenvalue weighted by molar-refractivity contribution is 5.64. The van der Waals surface area contributed by atoms with Gasteiger partial charge in [-0.3, -0.25) is 0 Å². The maximum atomic E-state index is 13.9.